The number of likely N-dealkylation sites (N-methyl/N-ethyl adjacent to an activating group) is 1. The maximum Gasteiger partial charge on any atom is 2.00 e. The Morgan fingerprint density at radius 2 is 2.12 bits per heavy atom. The van der Waals surface area contributed by atoms with Crippen molar-refractivity contribution < 1.29 is 40.3 Å². The van der Waals surface area contributed by atoms with Crippen LogP contribution in [0.2, 0.25) is 5.15 Å². The third-order valence-corrected chi connectivity index (χ3v) is 5.79. The van der Waals surface area contributed by atoms with Gasteiger partial charge in [-0.2, -0.15) is 22.8 Å². The Bertz CT molecular complexity index is 1270. The first kappa shape index (κ1) is 25.7. The maximum atomic E-state index is 13.5. The number of hydrogen-bond donors (Lipinski definition) is 1. The summed E-state index contributed by atoms with van der Waals surface area (Å²) in [4.78, 5) is 15.4. The number of rotatable bonds is 8. The van der Waals surface area contributed by atoms with E-state index in [0.29, 0.717) is 22.7 Å². The summed E-state index contributed by atoms with van der Waals surface area (Å²) in [6.45, 7) is 5.60. The van der Waals surface area contributed by atoms with E-state index in [-0.39, 0.29) is 42.7 Å². The molecule has 0 spiro atoms. The number of aromatic amines is 1. The zero-order chi connectivity index (χ0) is 22.8. The molecule has 2 aromatic carbocycles. The number of Topliss-reactive ketones (excluding diaryl/α,β-unsaturated/α-hetero) is 1. The monoisotopic (exact) mass is 688 g/mol. The number of nitrogens with one attached hydrogen (secondary N) is 1. The number of benzene rings is 2. The van der Waals surface area contributed by atoms with Gasteiger partial charge in [0.15, 0.2) is 0 Å². The molecule has 0 saturated carbocycles. The summed E-state index contributed by atoms with van der Waals surface area (Å²) in [6, 6.07) is 13.1. The van der Waals surface area contributed by atoms with Gasteiger partial charge in [-0.25, -0.2) is 4.39 Å². The van der Waals surface area contributed by atoms with Gasteiger partial charge in [0.2, 0.25) is 0 Å². The number of nitrogens with zero attached hydrogens (tertiary/aromatic N) is 3. The first-order valence-corrected chi connectivity index (χ1v) is 10.7. The minimum absolute atomic E-state index is 0. The minimum atomic E-state index is -0.552. The average molecular weight is 689 g/mol. The number of halogens is 2. The molecule has 2 heterocycles. The Kier molecular flexibility index (Phi) is 8.58. The van der Waals surface area contributed by atoms with Crippen LogP contribution >= 0.6 is 11.6 Å². The normalized spacial score (nSPS) is 12.2. The number of carbonyl (C=O) groups excluding carboxylic acids is 1. The van der Waals surface area contributed by atoms with E-state index in [1.165, 1.54) is 18.2 Å². The summed E-state index contributed by atoms with van der Waals surface area (Å²) in [5.41, 5.74) is 3.90. The second-order valence-corrected chi connectivity index (χ2v) is 8.54. The van der Waals surface area contributed by atoms with E-state index in [4.69, 9.17) is 11.6 Å². The summed E-state index contributed by atoms with van der Waals surface area (Å²) in [5.74, 6) is -0.974. The number of carbonyl (C=O) groups is 1. The molecule has 168 valence electrons. The number of aromatic nitrogens is 3. The van der Waals surface area contributed by atoms with Crippen LogP contribution in [-0.2, 0) is 13.0 Å². The van der Waals surface area contributed by atoms with Crippen molar-refractivity contribution in [1.29, 1.82) is 0 Å². The summed E-state index contributed by atoms with van der Waals surface area (Å²) >= 11 is 6.23. The SMILES string of the molecule is [CH2-]C(Cc1[c-]ccc(F)c1)C(=O)c1cn(CCN(C)C)c2cc(-c3cn[nH]c3Cl)ccc12.[U+2]. The summed E-state index contributed by atoms with van der Waals surface area (Å²) in [6.07, 6.45) is 3.90. The molecule has 0 aliphatic heterocycles. The van der Waals surface area contributed by atoms with E-state index < -0.39 is 5.92 Å². The average Bonchev–Trinajstić information content (AvgIpc) is 3.34. The van der Waals surface area contributed by atoms with Crippen molar-refractivity contribution in [2.45, 2.75) is 13.0 Å². The molecule has 33 heavy (non-hydrogen) atoms. The van der Waals surface area contributed by atoms with E-state index >= 15 is 0 Å². The van der Waals surface area contributed by atoms with Crippen LogP contribution in [-0.4, -0.2) is 46.1 Å². The summed E-state index contributed by atoms with van der Waals surface area (Å²) in [5, 5.41) is 8.07. The Morgan fingerprint density at radius 3 is 2.79 bits per heavy atom. The molecule has 1 N–H and O–H groups in total. The van der Waals surface area contributed by atoms with Crippen molar-refractivity contribution >= 4 is 28.3 Å². The molecule has 2 aromatic heterocycles. The van der Waals surface area contributed by atoms with Crippen LogP contribution < -0.4 is 0 Å². The summed E-state index contributed by atoms with van der Waals surface area (Å²) in [7, 11) is 4.02. The molecular formula is C25H24ClFN4OU. The largest absolute Gasteiger partial charge is 2.00 e. The zero-order valence-electron chi connectivity index (χ0n) is 18.5. The van der Waals surface area contributed by atoms with Crippen LogP contribution in [0.25, 0.3) is 22.0 Å². The van der Waals surface area contributed by atoms with Gasteiger partial charge in [-0.3, -0.25) is 9.89 Å². The van der Waals surface area contributed by atoms with Crippen molar-refractivity contribution in [3.63, 3.8) is 0 Å². The number of H-pyrrole nitrogens is 1. The molecule has 0 aliphatic carbocycles. The van der Waals surface area contributed by atoms with Crippen molar-refractivity contribution in [2.75, 3.05) is 20.6 Å². The topological polar surface area (TPSA) is 53.9 Å². The number of ketones is 1. The molecule has 1 atom stereocenters. The molecule has 8 heteroatoms. The predicted octanol–water partition coefficient (Wildman–Crippen LogP) is 5.06. The second-order valence-electron chi connectivity index (χ2n) is 8.17. The molecule has 4 aromatic rings. The fourth-order valence-electron chi connectivity index (χ4n) is 3.80. The third kappa shape index (κ3) is 5.78. The van der Waals surface area contributed by atoms with Gasteiger partial charge in [0.25, 0.3) is 0 Å². The molecule has 0 amide bonds. The van der Waals surface area contributed by atoms with Gasteiger partial charge in [0.05, 0.1) is 6.20 Å². The van der Waals surface area contributed by atoms with Crippen LogP contribution in [0.4, 0.5) is 4.39 Å². The Hall–Kier alpha value is -1.91. The van der Waals surface area contributed by atoms with Crippen LogP contribution in [0, 0.1) is 55.8 Å². The fourth-order valence-corrected chi connectivity index (χ4v) is 4.01. The molecule has 0 fully saturated rings. The van der Waals surface area contributed by atoms with E-state index in [2.05, 4.69) is 32.7 Å². The van der Waals surface area contributed by atoms with Gasteiger partial charge in [0, 0.05) is 47.1 Å². The van der Waals surface area contributed by atoms with E-state index in [1.807, 2.05) is 38.5 Å². The second kappa shape index (κ2) is 11.0. The summed E-state index contributed by atoms with van der Waals surface area (Å²) < 4.78 is 15.6. The molecule has 0 radical (unpaired) electrons. The molecule has 0 aliphatic rings. The molecule has 0 saturated heterocycles. The maximum absolute atomic E-state index is 13.5. The van der Waals surface area contributed by atoms with Crippen LogP contribution in [0.15, 0.2) is 48.8 Å². The first-order chi connectivity index (χ1) is 15.3. The van der Waals surface area contributed by atoms with E-state index in [0.717, 1.165) is 35.1 Å². The first-order valence-electron chi connectivity index (χ1n) is 10.3. The van der Waals surface area contributed by atoms with Crippen LogP contribution in [0.3, 0.4) is 0 Å². The third-order valence-electron chi connectivity index (χ3n) is 5.50. The number of fused-ring (bicyclic) bond motifs is 1. The molecule has 1 unspecified atom stereocenters. The molecule has 4 rings (SSSR count). The van der Waals surface area contributed by atoms with Crippen molar-refractivity contribution in [2.24, 2.45) is 5.92 Å². The minimum Gasteiger partial charge on any atom is -0.345 e. The van der Waals surface area contributed by atoms with Gasteiger partial charge in [-0.1, -0.05) is 30.2 Å². The van der Waals surface area contributed by atoms with E-state index in [9.17, 15) is 9.18 Å². The van der Waals surface area contributed by atoms with Gasteiger partial charge >= 0.3 is 31.1 Å². The van der Waals surface area contributed by atoms with Crippen molar-refractivity contribution in [3.8, 4) is 11.1 Å². The van der Waals surface area contributed by atoms with Crippen LogP contribution in [0.1, 0.15) is 15.9 Å². The Morgan fingerprint density at radius 1 is 1.33 bits per heavy atom. The molecule has 5 nitrogen and oxygen atoms in total. The number of hydrogen-bond acceptors (Lipinski definition) is 3. The fraction of sp³-hybridized carbons (Fsp3) is 0.240. The Balaban J connectivity index is 0.00000306. The van der Waals surface area contributed by atoms with Crippen molar-refractivity contribution in [3.05, 3.63) is 83.9 Å². The van der Waals surface area contributed by atoms with Crippen LogP contribution in [0.5, 0.6) is 0 Å². The van der Waals surface area contributed by atoms with Gasteiger partial charge in [-0.15, -0.1) is 18.1 Å². The van der Waals surface area contributed by atoms with Gasteiger partial charge in [0.1, 0.15) is 10.9 Å². The zero-order valence-corrected chi connectivity index (χ0v) is 23.5. The smallest absolute Gasteiger partial charge is 0.345 e. The van der Waals surface area contributed by atoms with Gasteiger partial charge < -0.3 is 16.4 Å². The standard InChI is InChI=1S/C25H24ClFN4O.U/c1-16(11-17-5-4-6-19(27)12-17)24(32)22-15-31(10-9-30(2)3)23-13-18(7-8-20(22)23)21-14-28-29-25(21)26;/h4,6-8,12-16H,1,9-11H2,2-3H3,(H,28,29);/q-2;+2. The van der Waals surface area contributed by atoms with Crippen molar-refractivity contribution in [1.82, 2.24) is 19.7 Å². The molecule has 0 bridgehead atoms. The van der Waals surface area contributed by atoms with E-state index in [1.54, 1.807) is 6.20 Å². The predicted molar refractivity (Wildman–Crippen MR) is 125 cm³/mol. The Labute approximate surface area is 221 Å². The molecular weight excluding hydrogens is 665 g/mol. The van der Waals surface area contributed by atoms with Gasteiger partial charge in [-0.05, 0) is 25.7 Å². The quantitative estimate of drug-likeness (QED) is 0.208.